The molecule has 0 N–H and O–H groups in total. The fourth-order valence-electron chi connectivity index (χ4n) is 1.06. The molecule has 0 aliphatic heterocycles. The van der Waals surface area contributed by atoms with Crippen molar-refractivity contribution in [2.24, 2.45) is 0 Å². The Kier molecular flexibility index (Phi) is 2.48. The number of rotatable bonds is 2. The summed E-state index contributed by atoms with van der Waals surface area (Å²) < 4.78 is 0. The molecule has 0 aliphatic carbocycles. The summed E-state index contributed by atoms with van der Waals surface area (Å²) in [6.07, 6.45) is 0.892. The molecule has 1 rings (SSSR count). The Morgan fingerprint density at radius 1 is 1.46 bits per heavy atom. The minimum Gasteiger partial charge on any atom is -0.302 e. The molecule has 0 heterocycles. The van der Waals surface area contributed by atoms with Crippen LogP contribution in [0.2, 0.25) is 0 Å². The molecule has 0 aromatic heterocycles. The van der Waals surface area contributed by atoms with Gasteiger partial charge in [0.2, 0.25) is 0 Å². The maximum Gasteiger partial charge on any atom is 0.129 e. The van der Waals surface area contributed by atoms with E-state index in [1.165, 1.54) is 0 Å². The maximum absolute atomic E-state index is 10.7. The first-order valence-electron chi connectivity index (χ1n) is 4.07. The summed E-state index contributed by atoms with van der Waals surface area (Å²) in [5.74, 6) is 0. The molecule has 0 spiro atoms. The maximum atomic E-state index is 10.7. The van der Waals surface area contributed by atoms with Gasteiger partial charge in [0.05, 0.1) is 11.6 Å². The number of carbonyl (C=O) groups excluding carboxylic acids is 1. The van der Waals surface area contributed by atoms with Gasteiger partial charge in [-0.15, -0.1) is 0 Å². The number of hydrogen-bond donors (Lipinski definition) is 0. The molecule has 0 saturated carbocycles. The summed E-state index contributed by atoms with van der Waals surface area (Å²) >= 11 is 0. The van der Waals surface area contributed by atoms with Crippen LogP contribution < -0.4 is 0 Å². The van der Waals surface area contributed by atoms with Gasteiger partial charge in [0.1, 0.15) is 6.29 Å². The molecule has 0 bridgehead atoms. The van der Waals surface area contributed by atoms with Crippen molar-refractivity contribution in [1.82, 2.24) is 0 Å². The van der Waals surface area contributed by atoms with Gasteiger partial charge in [-0.1, -0.05) is 12.1 Å². The van der Waals surface area contributed by atoms with Crippen molar-refractivity contribution in [2.75, 3.05) is 0 Å². The van der Waals surface area contributed by atoms with Crippen LogP contribution in [0.15, 0.2) is 24.3 Å². The van der Waals surface area contributed by atoms with E-state index in [1.54, 1.807) is 18.2 Å². The van der Waals surface area contributed by atoms with E-state index in [0.717, 1.165) is 11.8 Å². The first-order chi connectivity index (χ1) is 6.10. The molecule has 0 amide bonds. The van der Waals surface area contributed by atoms with E-state index in [4.69, 9.17) is 5.26 Å². The minimum atomic E-state index is -0.507. The summed E-state index contributed by atoms with van der Waals surface area (Å²) in [4.78, 5) is 10.7. The first-order valence-corrected chi connectivity index (χ1v) is 4.07. The zero-order valence-corrected chi connectivity index (χ0v) is 7.74. The van der Waals surface area contributed by atoms with Crippen LogP contribution in [0.4, 0.5) is 0 Å². The number of nitrogens with zero attached hydrogens (tertiary/aromatic N) is 1. The normalized spacial score (nSPS) is 10.5. The van der Waals surface area contributed by atoms with E-state index in [1.807, 2.05) is 26.0 Å². The Balaban J connectivity index is 3.17. The van der Waals surface area contributed by atoms with Gasteiger partial charge in [0, 0.05) is 5.41 Å². The van der Waals surface area contributed by atoms with Gasteiger partial charge in [0.25, 0.3) is 0 Å². The lowest BCUT2D eigenvalue weighted by atomic mass is 9.86. The van der Waals surface area contributed by atoms with E-state index >= 15 is 0 Å². The topological polar surface area (TPSA) is 40.9 Å². The van der Waals surface area contributed by atoms with Crippen molar-refractivity contribution in [1.29, 1.82) is 5.26 Å². The Morgan fingerprint density at radius 3 is 2.69 bits per heavy atom. The van der Waals surface area contributed by atoms with E-state index < -0.39 is 5.41 Å². The summed E-state index contributed by atoms with van der Waals surface area (Å²) in [7, 11) is 0. The van der Waals surface area contributed by atoms with Crippen molar-refractivity contribution in [2.45, 2.75) is 19.3 Å². The second-order valence-electron chi connectivity index (χ2n) is 3.53. The Bertz CT molecular complexity index is 361. The number of carbonyl (C=O) groups is 1. The molecule has 0 aliphatic rings. The van der Waals surface area contributed by atoms with Crippen LogP contribution in [0.1, 0.15) is 25.0 Å². The molecule has 2 heteroatoms. The van der Waals surface area contributed by atoms with Crippen molar-refractivity contribution in [3.05, 3.63) is 35.4 Å². The zero-order valence-electron chi connectivity index (χ0n) is 7.74. The average molecular weight is 173 g/mol. The molecule has 0 unspecified atom stereocenters. The Morgan fingerprint density at radius 2 is 2.15 bits per heavy atom. The molecule has 0 atom stereocenters. The highest BCUT2D eigenvalue weighted by Gasteiger charge is 2.19. The van der Waals surface area contributed by atoms with E-state index in [2.05, 4.69) is 0 Å². The van der Waals surface area contributed by atoms with Gasteiger partial charge in [0.15, 0.2) is 0 Å². The lowest BCUT2D eigenvalue weighted by Gasteiger charge is -2.16. The number of hydrogen-bond acceptors (Lipinski definition) is 2. The molecular weight excluding hydrogens is 162 g/mol. The van der Waals surface area contributed by atoms with Crippen LogP contribution >= 0.6 is 0 Å². The molecule has 66 valence electrons. The second-order valence-corrected chi connectivity index (χ2v) is 3.53. The highest BCUT2D eigenvalue weighted by atomic mass is 16.1. The van der Waals surface area contributed by atoms with Crippen LogP contribution in [-0.2, 0) is 10.2 Å². The van der Waals surface area contributed by atoms with Crippen molar-refractivity contribution in [3.63, 3.8) is 0 Å². The molecular formula is C11H11NO. The third-order valence-electron chi connectivity index (χ3n) is 2.03. The quantitative estimate of drug-likeness (QED) is 0.642. The van der Waals surface area contributed by atoms with E-state index in [9.17, 15) is 4.79 Å². The van der Waals surface area contributed by atoms with Crippen molar-refractivity contribution >= 4 is 6.29 Å². The molecule has 0 radical (unpaired) electrons. The third-order valence-corrected chi connectivity index (χ3v) is 2.03. The van der Waals surface area contributed by atoms with Crippen molar-refractivity contribution in [3.8, 4) is 6.07 Å². The largest absolute Gasteiger partial charge is 0.302 e. The molecule has 1 aromatic carbocycles. The van der Waals surface area contributed by atoms with E-state index in [0.29, 0.717) is 5.56 Å². The lowest BCUT2D eigenvalue weighted by molar-refractivity contribution is -0.111. The van der Waals surface area contributed by atoms with Crippen LogP contribution in [0.5, 0.6) is 0 Å². The van der Waals surface area contributed by atoms with E-state index in [-0.39, 0.29) is 0 Å². The summed E-state index contributed by atoms with van der Waals surface area (Å²) in [5.41, 5.74) is 0.960. The van der Waals surface area contributed by atoms with Gasteiger partial charge >= 0.3 is 0 Å². The fourth-order valence-corrected chi connectivity index (χ4v) is 1.06. The van der Waals surface area contributed by atoms with Crippen molar-refractivity contribution < 1.29 is 4.79 Å². The number of aldehydes is 1. The van der Waals surface area contributed by atoms with Gasteiger partial charge in [-0.3, -0.25) is 0 Å². The Hall–Kier alpha value is -1.62. The van der Waals surface area contributed by atoms with Gasteiger partial charge in [-0.25, -0.2) is 0 Å². The fraction of sp³-hybridized carbons (Fsp3) is 0.273. The number of benzene rings is 1. The molecule has 13 heavy (non-hydrogen) atoms. The van der Waals surface area contributed by atoms with Gasteiger partial charge in [-0.05, 0) is 31.5 Å². The minimum absolute atomic E-state index is 0.507. The van der Waals surface area contributed by atoms with Crippen LogP contribution in [0.25, 0.3) is 0 Å². The number of nitriles is 1. The molecule has 0 saturated heterocycles. The highest BCUT2D eigenvalue weighted by molar-refractivity contribution is 5.67. The smallest absolute Gasteiger partial charge is 0.129 e. The van der Waals surface area contributed by atoms with Crippen LogP contribution in [0, 0.1) is 11.3 Å². The standard InChI is InChI=1S/C11H11NO/c1-11(2,8-13)10-5-3-4-9(6-10)7-12/h3-6,8H,1-2H3. The Labute approximate surface area is 77.8 Å². The van der Waals surface area contributed by atoms with Crippen LogP contribution in [-0.4, -0.2) is 6.29 Å². The molecule has 0 fully saturated rings. The summed E-state index contributed by atoms with van der Waals surface area (Å²) in [6, 6.07) is 9.17. The average Bonchev–Trinajstić information content (AvgIpc) is 2.18. The SMILES string of the molecule is CC(C)(C=O)c1cccc(C#N)c1. The van der Waals surface area contributed by atoms with Crippen LogP contribution in [0.3, 0.4) is 0 Å². The highest BCUT2D eigenvalue weighted by Crippen LogP contribution is 2.20. The third kappa shape index (κ3) is 1.94. The predicted molar refractivity (Wildman–Crippen MR) is 50.2 cm³/mol. The summed E-state index contributed by atoms with van der Waals surface area (Å²) in [6.45, 7) is 3.66. The summed E-state index contributed by atoms with van der Waals surface area (Å²) in [5, 5.41) is 8.66. The first kappa shape index (κ1) is 9.47. The predicted octanol–water partition coefficient (Wildman–Crippen LogP) is 2.03. The monoisotopic (exact) mass is 173 g/mol. The molecule has 1 aromatic rings. The second kappa shape index (κ2) is 3.40. The zero-order chi connectivity index (χ0) is 9.90. The lowest BCUT2D eigenvalue weighted by Crippen LogP contribution is -2.18. The van der Waals surface area contributed by atoms with Gasteiger partial charge < -0.3 is 4.79 Å². The molecule has 2 nitrogen and oxygen atoms in total. The van der Waals surface area contributed by atoms with Gasteiger partial charge in [-0.2, -0.15) is 5.26 Å².